The predicted octanol–water partition coefficient (Wildman–Crippen LogP) is 2.32. The first-order valence-corrected chi connectivity index (χ1v) is 9.24. The molecule has 0 radical (unpaired) electrons. The van der Waals surface area contributed by atoms with Crippen molar-refractivity contribution in [2.45, 2.75) is 19.0 Å². The monoisotopic (exact) mass is 399 g/mol. The summed E-state index contributed by atoms with van der Waals surface area (Å²) in [4.78, 5) is 26.4. The molecule has 1 unspecified atom stereocenters. The second-order valence-electron chi connectivity index (χ2n) is 6.58. The number of methoxy groups -OCH3 is 3. The fourth-order valence-electron chi connectivity index (χ4n) is 3.31. The molecule has 3 amide bonds. The van der Waals surface area contributed by atoms with Crippen LogP contribution < -0.4 is 29.7 Å². The molecule has 1 aliphatic heterocycles. The molecule has 1 aliphatic rings. The summed E-state index contributed by atoms with van der Waals surface area (Å²) in [5.41, 5.74) is 1.57. The largest absolute Gasteiger partial charge is 0.496 e. The molecule has 3 rings (SSSR count). The molecule has 0 bridgehead atoms. The third-order valence-corrected chi connectivity index (χ3v) is 4.77. The summed E-state index contributed by atoms with van der Waals surface area (Å²) in [6.45, 7) is 0.715. The lowest BCUT2D eigenvalue weighted by Gasteiger charge is -2.19. The number of nitrogens with zero attached hydrogens (tertiary/aromatic N) is 1. The molecule has 8 heteroatoms. The van der Waals surface area contributed by atoms with Crippen molar-refractivity contribution in [1.82, 2.24) is 10.6 Å². The zero-order chi connectivity index (χ0) is 20.8. The summed E-state index contributed by atoms with van der Waals surface area (Å²) in [5, 5.41) is 5.67. The van der Waals surface area contributed by atoms with Gasteiger partial charge in [0.2, 0.25) is 5.91 Å². The Bertz CT molecular complexity index is 886. The number of anilines is 1. The standard InChI is InChI=1S/C21H25N3O5/c1-27-17-7-5-4-6-14(17)12-22-21(26)23-15-10-20(25)24(13-15)16-8-9-18(28-2)19(11-16)29-3/h4-9,11,15H,10,12-13H2,1-3H3,(H2,22,23,26). The van der Waals surface area contributed by atoms with Crippen LogP contribution in [-0.2, 0) is 11.3 Å². The van der Waals surface area contributed by atoms with Crippen LogP contribution in [0.25, 0.3) is 0 Å². The summed E-state index contributed by atoms with van der Waals surface area (Å²) in [6, 6.07) is 12.2. The zero-order valence-corrected chi connectivity index (χ0v) is 16.7. The minimum absolute atomic E-state index is 0.0627. The Hall–Kier alpha value is -3.42. The van der Waals surface area contributed by atoms with Gasteiger partial charge in [0.1, 0.15) is 5.75 Å². The second-order valence-corrected chi connectivity index (χ2v) is 6.58. The molecule has 1 saturated heterocycles. The Morgan fingerprint density at radius 1 is 1.03 bits per heavy atom. The maximum atomic E-state index is 12.4. The van der Waals surface area contributed by atoms with E-state index >= 15 is 0 Å². The fourth-order valence-corrected chi connectivity index (χ4v) is 3.31. The molecule has 1 heterocycles. The third-order valence-electron chi connectivity index (χ3n) is 4.77. The Kier molecular flexibility index (Phi) is 6.43. The van der Waals surface area contributed by atoms with Gasteiger partial charge < -0.3 is 29.7 Å². The molecule has 2 aromatic rings. The molecule has 8 nitrogen and oxygen atoms in total. The average molecular weight is 399 g/mol. The van der Waals surface area contributed by atoms with Crippen LogP contribution >= 0.6 is 0 Å². The molecule has 154 valence electrons. The number of nitrogens with one attached hydrogen (secondary N) is 2. The molecule has 0 aliphatic carbocycles. The minimum Gasteiger partial charge on any atom is -0.496 e. The molecule has 1 fully saturated rings. The van der Waals surface area contributed by atoms with Gasteiger partial charge in [0.25, 0.3) is 0 Å². The van der Waals surface area contributed by atoms with E-state index in [0.29, 0.717) is 36.0 Å². The number of hydrogen-bond donors (Lipinski definition) is 2. The van der Waals surface area contributed by atoms with Gasteiger partial charge >= 0.3 is 6.03 Å². The van der Waals surface area contributed by atoms with Crippen LogP contribution in [0.3, 0.4) is 0 Å². The highest BCUT2D eigenvalue weighted by molar-refractivity contribution is 5.97. The van der Waals surface area contributed by atoms with Gasteiger partial charge in [0, 0.05) is 36.8 Å². The average Bonchev–Trinajstić information content (AvgIpc) is 3.11. The van der Waals surface area contributed by atoms with Crippen LogP contribution in [0.1, 0.15) is 12.0 Å². The van der Waals surface area contributed by atoms with E-state index in [1.165, 1.54) is 0 Å². The minimum atomic E-state index is -0.331. The van der Waals surface area contributed by atoms with Gasteiger partial charge in [-0.15, -0.1) is 0 Å². The number of rotatable bonds is 7. The Morgan fingerprint density at radius 3 is 2.48 bits per heavy atom. The van der Waals surface area contributed by atoms with Crippen molar-refractivity contribution in [2.24, 2.45) is 0 Å². The number of para-hydroxylation sites is 1. The first kappa shape index (κ1) is 20.3. The van der Waals surface area contributed by atoms with Crippen LogP contribution in [0.4, 0.5) is 10.5 Å². The van der Waals surface area contributed by atoms with Crippen molar-refractivity contribution in [3.05, 3.63) is 48.0 Å². The maximum Gasteiger partial charge on any atom is 0.315 e. The SMILES string of the molecule is COc1ccccc1CNC(=O)NC1CC(=O)N(c2ccc(OC)c(OC)c2)C1. The van der Waals surface area contributed by atoms with Crippen LogP contribution in [0.5, 0.6) is 17.2 Å². The summed E-state index contributed by atoms with van der Waals surface area (Å²) in [5.74, 6) is 1.78. The number of carbonyl (C=O) groups is 2. The van der Waals surface area contributed by atoms with Gasteiger partial charge in [-0.2, -0.15) is 0 Å². The zero-order valence-electron chi connectivity index (χ0n) is 16.7. The molecule has 0 aromatic heterocycles. The highest BCUT2D eigenvalue weighted by Gasteiger charge is 2.32. The highest BCUT2D eigenvalue weighted by Crippen LogP contribution is 2.33. The second kappa shape index (κ2) is 9.18. The van der Waals surface area contributed by atoms with E-state index in [1.54, 1.807) is 44.4 Å². The van der Waals surface area contributed by atoms with E-state index in [0.717, 1.165) is 5.56 Å². The van der Waals surface area contributed by atoms with E-state index in [1.807, 2.05) is 24.3 Å². The topological polar surface area (TPSA) is 89.1 Å². The smallest absolute Gasteiger partial charge is 0.315 e. The first-order valence-electron chi connectivity index (χ1n) is 9.24. The van der Waals surface area contributed by atoms with Gasteiger partial charge in [-0.25, -0.2) is 4.79 Å². The Morgan fingerprint density at radius 2 is 1.76 bits per heavy atom. The normalized spacial score (nSPS) is 15.8. The van der Waals surface area contributed by atoms with Gasteiger partial charge in [0.05, 0.1) is 27.4 Å². The van der Waals surface area contributed by atoms with Crippen molar-refractivity contribution < 1.29 is 23.8 Å². The lowest BCUT2D eigenvalue weighted by atomic mass is 10.2. The predicted molar refractivity (Wildman–Crippen MR) is 109 cm³/mol. The van der Waals surface area contributed by atoms with Crippen molar-refractivity contribution >= 4 is 17.6 Å². The van der Waals surface area contributed by atoms with Crippen LogP contribution in [0.2, 0.25) is 0 Å². The van der Waals surface area contributed by atoms with E-state index in [4.69, 9.17) is 14.2 Å². The Balaban J connectivity index is 1.58. The van der Waals surface area contributed by atoms with Gasteiger partial charge in [-0.1, -0.05) is 18.2 Å². The quantitative estimate of drug-likeness (QED) is 0.746. The van der Waals surface area contributed by atoms with Crippen molar-refractivity contribution in [3.8, 4) is 17.2 Å². The maximum absolute atomic E-state index is 12.4. The van der Waals surface area contributed by atoms with Crippen molar-refractivity contribution in [2.75, 3.05) is 32.8 Å². The van der Waals surface area contributed by atoms with E-state index in [2.05, 4.69) is 10.6 Å². The van der Waals surface area contributed by atoms with E-state index in [-0.39, 0.29) is 24.4 Å². The molecule has 2 N–H and O–H groups in total. The number of urea groups is 1. The highest BCUT2D eigenvalue weighted by atomic mass is 16.5. The summed E-state index contributed by atoms with van der Waals surface area (Å²) in [6.07, 6.45) is 0.233. The van der Waals surface area contributed by atoms with Gasteiger partial charge in [-0.05, 0) is 18.2 Å². The molecule has 29 heavy (non-hydrogen) atoms. The number of ether oxygens (including phenoxy) is 3. The first-order chi connectivity index (χ1) is 14.0. The number of benzene rings is 2. The van der Waals surface area contributed by atoms with E-state index < -0.39 is 0 Å². The molecule has 0 spiro atoms. The third kappa shape index (κ3) is 4.71. The molecular weight excluding hydrogens is 374 g/mol. The number of carbonyl (C=O) groups excluding carboxylic acids is 2. The lowest BCUT2D eigenvalue weighted by Crippen LogP contribution is -2.43. The molecule has 0 saturated carbocycles. The Labute approximate surface area is 169 Å². The van der Waals surface area contributed by atoms with E-state index in [9.17, 15) is 9.59 Å². The number of hydrogen-bond acceptors (Lipinski definition) is 5. The van der Waals surface area contributed by atoms with Crippen LogP contribution in [-0.4, -0.2) is 45.9 Å². The summed E-state index contributed by atoms with van der Waals surface area (Å²) >= 11 is 0. The fraction of sp³-hybridized carbons (Fsp3) is 0.333. The summed E-state index contributed by atoms with van der Waals surface area (Å²) < 4.78 is 15.8. The van der Waals surface area contributed by atoms with Crippen molar-refractivity contribution in [1.29, 1.82) is 0 Å². The van der Waals surface area contributed by atoms with Gasteiger partial charge in [-0.3, -0.25) is 4.79 Å². The molecule has 1 atom stereocenters. The van der Waals surface area contributed by atoms with Crippen LogP contribution in [0.15, 0.2) is 42.5 Å². The molecule has 2 aromatic carbocycles. The van der Waals surface area contributed by atoms with Crippen molar-refractivity contribution in [3.63, 3.8) is 0 Å². The number of amides is 3. The van der Waals surface area contributed by atoms with Gasteiger partial charge in [0.15, 0.2) is 11.5 Å². The summed E-state index contributed by atoms with van der Waals surface area (Å²) in [7, 11) is 4.69. The lowest BCUT2D eigenvalue weighted by molar-refractivity contribution is -0.117. The molecular formula is C21H25N3O5. The van der Waals surface area contributed by atoms with Crippen LogP contribution in [0, 0.1) is 0 Å².